The molecule has 3 nitrogen and oxygen atoms in total. The summed E-state index contributed by atoms with van der Waals surface area (Å²) in [7, 11) is 0. The van der Waals surface area contributed by atoms with Crippen LogP contribution < -0.4 is 10.2 Å². The highest BCUT2D eigenvalue weighted by atomic mass is 19.4. The second-order valence-corrected chi connectivity index (χ2v) is 5.65. The van der Waals surface area contributed by atoms with Gasteiger partial charge in [-0.1, -0.05) is 19.9 Å². The minimum absolute atomic E-state index is 0.154. The summed E-state index contributed by atoms with van der Waals surface area (Å²) in [5.74, 6) is -0.161. The Kier molecular flexibility index (Phi) is 4.27. The summed E-state index contributed by atoms with van der Waals surface area (Å²) in [6.45, 7) is 6.02. The van der Waals surface area contributed by atoms with Gasteiger partial charge in [0.1, 0.15) is 0 Å². The van der Waals surface area contributed by atoms with E-state index >= 15 is 0 Å². The zero-order chi connectivity index (χ0) is 15.8. The van der Waals surface area contributed by atoms with E-state index in [2.05, 4.69) is 5.32 Å². The Bertz CT molecular complexity index is 540. The molecule has 1 amide bonds. The van der Waals surface area contributed by atoms with E-state index in [9.17, 15) is 18.0 Å². The van der Waals surface area contributed by atoms with Crippen LogP contribution in [0.25, 0.3) is 0 Å². The van der Waals surface area contributed by atoms with Crippen LogP contribution in [0.5, 0.6) is 0 Å². The fourth-order valence-electron chi connectivity index (χ4n) is 2.55. The summed E-state index contributed by atoms with van der Waals surface area (Å²) in [5.41, 5.74) is 0.292. The van der Waals surface area contributed by atoms with Gasteiger partial charge in [-0.2, -0.15) is 13.2 Å². The maximum Gasteiger partial charge on any atom is 0.416 e. The summed E-state index contributed by atoms with van der Waals surface area (Å²) < 4.78 is 38.4. The molecule has 1 unspecified atom stereocenters. The first-order chi connectivity index (χ1) is 9.70. The summed E-state index contributed by atoms with van der Waals surface area (Å²) in [4.78, 5) is 13.8. The van der Waals surface area contributed by atoms with Gasteiger partial charge in [0.05, 0.1) is 11.6 Å². The number of halogens is 3. The van der Waals surface area contributed by atoms with Gasteiger partial charge >= 0.3 is 6.18 Å². The normalized spacial score (nSPS) is 19.7. The number of hydrogen-bond donors (Lipinski definition) is 1. The first-order valence-electron chi connectivity index (χ1n) is 6.95. The highest BCUT2D eigenvalue weighted by Gasteiger charge is 2.36. The van der Waals surface area contributed by atoms with E-state index < -0.39 is 11.7 Å². The molecule has 116 valence electrons. The van der Waals surface area contributed by atoms with Gasteiger partial charge in [0, 0.05) is 18.3 Å². The van der Waals surface area contributed by atoms with Gasteiger partial charge in [-0.15, -0.1) is 0 Å². The Morgan fingerprint density at radius 1 is 1.33 bits per heavy atom. The SMILES string of the molecule is Cc1ccc(C(F)(F)F)cc1N1CCC(NC(C)C)C1=O. The molecule has 1 heterocycles. The number of carbonyl (C=O) groups excluding carboxylic acids is 1. The molecule has 21 heavy (non-hydrogen) atoms. The zero-order valence-corrected chi connectivity index (χ0v) is 12.3. The summed E-state index contributed by atoms with van der Waals surface area (Å²) in [6, 6.07) is 3.35. The molecule has 0 spiro atoms. The lowest BCUT2D eigenvalue weighted by atomic mass is 10.1. The summed E-state index contributed by atoms with van der Waals surface area (Å²) >= 11 is 0. The second-order valence-electron chi connectivity index (χ2n) is 5.65. The van der Waals surface area contributed by atoms with Gasteiger partial charge in [-0.3, -0.25) is 4.79 Å². The predicted octanol–water partition coefficient (Wildman–Crippen LogP) is 3.12. The average Bonchev–Trinajstić information content (AvgIpc) is 2.70. The molecule has 0 bridgehead atoms. The smallest absolute Gasteiger partial charge is 0.311 e. The number of amides is 1. The van der Waals surface area contributed by atoms with Gasteiger partial charge < -0.3 is 10.2 Å². The molecule has 0 aliphatic carbocycles. The summed E-state index contributed by atoms with van der Waals surface area (Å²) in [5, 5.41) is 3.14. The largest absolute Gasteiger partial charge is 0.416 e. The molecule has 1 aliphatic rings. The lowest BCUT2D eigenvalue weighted by molar-refractivity contribution is -0.137. The fraction of sp³-hybridized carbons (Fsp3) is 0.533. The third-order valence-corrected chi connectivity index (χ3v) is 3.57. The van der Waals surface area contributed by atoms with Crippen molar-refractivity contribution < 1.29 is 18.0 Å². The lowest BCUT2D eigenvalue weighted by Crippen LogP contribution is -2.41. The Labute approximate surface area is 122 Å². The molecule has 1 aromatic rings. The van der Waals surface area contributed by atoms with Crippen LogP contribution >= 0.6 is 0 Å². The molecule has 0 radical (unpaired) electrons. The highest BCUT2D eigenvalue weighted by Crippen LogP contribution is 2.34. The molecule has 1 fully saturated rings. The molecule has 1 atom stereocenters. The quantitative estimate of drug-likeness (QED) is 0.930. The van der Waals surface area contributed by atoms with Crippen molar-refractivity contribution in [1.29, 1.82) is 0 Å². The average molecular weight is 300 g/mol. The van der Waals surface area contributed by atoms with Crippen LogP contribution in [-0.4, -0.2) is 24.5 Å². The van der Waals surface area contributed by atoms with Crippen LogP contribution in [0.1, 0.15) is 31.4 Å². The van der Waals surface area contributed by atoms with Gasteiger partial charge in [0.2, 0.25) is 5.91 Å². The van der Waals surface area contributed by atoms with E-state index in [0.29, 0.717) is 24.2 Å². The molecule has 2 rings (SSSR count). The number of carbonyl (C=O) groups is 1. The minimum Gasteiger partial charge on any atom is -0.311 e. The number of nitrogens with zero attached hydrogens (tertiary/aromatic N) is 1. The molecule has 1 saturated heterocycles. The predicted molar refractivity (Wildman–Crippen MR) is 75.2 cm³/mol. The van der Waals surface area contributed by atoms with Crippen LogP contribution in [0.15, 0.2) is 18.2 Å². The Morgan fingerprint density at radius 3 is 2.57 bits per heavy atom. The Hall–Kier alpha value is -1.56. The number of hydrogen-bond acceptors (Lipinski definition) is 2. The number of aryl methyl sites for hydroxylation is 1. The van der Waals surface area contributed by atoms with Gasteiger partial charge in [-0.25, -0.2) is 0 Å². The molecule has 1 N–H and O–H groups in total. The van der Waals surface area contributed by atoms with Gasteiger partial charge in [-0.05, 0) is 31.0 Å². The monoisotopic (exact) mass is 300 g/mol. The van der Waals surface area contributed by atoms with Crippen molar-refractivity contribution >= 4 is 11.6 Å². The van der Waals surface area contributed by atoms with Crippen LogP contribution in [-0.2, 0) is 11.0 Å². The third-order valence-electron chi connectivity index (χ3n) is 3.57. The molecule has 0 saturated carbocycles. The first kappa shape index (κ1) is 15.8. The van der Waals surface area contributed by atoms with E-state index in [4.69, 9.17) is 0 Å². The van der Waals surface area contributed by atoms with Crippen molar-refractivity contribution in [2.75, 3.05) is 11.4 Å². The van der Waals surface area contributed by atoms with Crippen LogP contribution in [0, 0.1) is 6.92 Å². The second kappa shape index (κ2) is 5.67. The molecule has 0 aromatic heterocycles. The van der Waals surface area contributed by atoms with Crippen molar-refractivity contribution in [3.63, 3.8) is 0 Å². The number of rotatable bonds is 3. The van der Waals surface area contributed by atoms with Crippen molar-refractivity contribution in [2.45, 2.75) is 45.5 Å². The summed E-state index contributed by atoms with van der Waals surface area (Å²) in [6.07, 6.45) is -3.80. The topological polar surface area (TPSA) is 32.3 Å². The van der Waals surface area contributed by atoms with E-state index in [1.54, 1.807) is 6.92 Å². The van der Waals surface area contributed by atoms with Crippen molar-refractivity contribution in [1.82, 2.24) is 5.32 Å². The van der Waals surface area contributed by atoms with E-state index in [0.717, 1.165) is 12.1 Å². The third kappa shape index (κ3) is 3.37. The van der Waals surface area contributed by atoms with Crippen LogP contribution in [0.2, 0.25) is 0 Å². The zero-order valence-electron chi connectivity index (χ0n) is 12.3. The maximum atomic E-state index is 12.8. The Balaban J connectivity index is 2.28. The van der Waals surface area contributed by atoms with E-state index in [1.165, 1.54) is 11.0 Å². The standard InChI is InChI=1S/C15H19F3N2O/c1-9(2)19-12-6-7-20(14(12)21)13-8-11(15(16,17)18)5-4-10(13)3/h4-5,8-9,12,19H,6-7H2,1-3H3. The Morgan fingerprint density at radius 2 is 2.00 bits per heavy atom. The lowest BCUT2D eigenvalue weighted by Gasteiger charge is -2.21. The van der Waals surface area contributed by atoms with Crippen molar-refractivity contribution in [3.05, 3.63) is 29.3 Å². The molecular formula is C15H19F3N2O. The number of alkyl halides is 3. The van der Waals surface area contributed by atoms with Gasteiger partial charge in [0.15, 0.2) is 0 Å². The minimum atomic E-state index is -4.40. The molecular weight excluding hydrogens is 281 g/mol. The highest BCUT2D eigenvalue weighted by molar-refractivity contribution is 6.00. The van der Waals surface area contributed by atoms with Crippen molar-refractivity contribution in [3.8, 4) is 0 Å². The molecule has 6 heteroatoms. The van der Waals surface area contributed by atoms with Gasteiger partial charge in [0.25, 0.3) is 0 Å². The maximum absolute atomic E-state index is 12.8. The fourth-order valence-corrected chi connectivity index (χ4v) is 2.55. The number of nitrogens with one attached hydrogen (secondary N) is 1. The van der Waals surface area contributed by atoms with E-state index in [-0.39, 0.29) is 18.0 Å². The number of anilines is 1. The molecule has 1 aromatic carbocycles. The number of benzene rings is 1. The van der Waals surface area contributed by atoms with Crippen LogP contribution in [0.3, 0.4) is 0 Å². The first-order valence-corrected chi connectivity index (χ1v) is 6.95. The van der Waals surface area contributed by atoms with Crippen LogP contribution in [0.4, 0.5) is 18.9 Å². The van der Waals surface area contributed by atoms with Crippen molar-refractivity contribution in [2.24, 2.45) is 0 Å². The molecule has 1 aliphatic heterocycles. The van der Waals surface area contributed by atoms with E-state index in [1.807, 2.05) is 13.8 Å².